The average Bonchev–Trinajstić information content (AvgIpc) is 3.04. The van der Waals surface area contributed by atoms with Gasteiger partial charge in [0.15, 0.2) is 5.96 Å². The molecule has 25 heavy (non-hydrogen) atoms. The van der Waals surface area contributed by atoms with Crippen LogP contribution in [0.1, 0.15) is 16.9 Å². The molecule has 8 heteroatoms. The van der Waals surface area contributed by atoms with Crippen LogP contribution in [0.15, 0.2) is 52.1 Å². The highest BCUT2D eigenvalue weighted by Crippen LogP contribution is 2.29. The molecule has 0 radical (unpaired) electrons. The highest BCUT2D eigenvalue weighted by molar-refractivity contribution is 14.0. The Balaban J connectivity index is 0.00000312. The molecule has 2 aromatic rings. The Morgan fingerprint density at radius 3 is 2.40 bits per heavy atom. The Labute approximate surface area is 162 Å². The fourth-order valence-corrected chi connectivity index (χ4v) is 2.28. The van der Waals surface area contributed by atoms with E-state index in [4.69, 9.17) is 4.42 Å². The zero-order valence-electron chi connectivity index (χ0n) is 14.0. The molecule has 1 aromatic carbocycles. The van der Waals surface area contributed by atoms with Crippen LogP contribution in [0.25, 0.3) is 0 Å². The van der Waals surface area contributed by atoms with E-state index in [2.05, 4.69) is 10.3 Å². The standard InChI is InChI=1S/C17H20F3N3O.HI/c1-21-16(22-10-9-15-4-3-11-24-15)23(2)12-13-5-7-14(8-6-13)17(18,19)20;/h3-8,11H,9-10,12H2,1-2H3,(H,21,22);1H. The Morgan fingerprint density at radius 1 is 1.20 bits per heavy atom. The van der Waals surface area contributed by atoms with Crippen molar-refractivity contribution in [2.24, 2.45) is 4.99 Å². The molecule has 0 saturated carbocycles. The summed E-state index contributed by atoms with van der Waals surface area (Å²) in [4.78, 5) is 6.03. The smallest absolute Gasteiger partial charge is 0.416 e. The van der Waals surface area contributed by atoms with Crippen LogP contribution >= 0.6 is 24.0 Å². The molecule has 0 aliphatic carbocycles. The van der Waals surface area contributed by atoms with E-state index in [1.165, 1.54) is 12.1 Å². The topological polar surface area (TPSA) is 40.8 Å². The minimum atomic E-state index is -4.31. The quantitative estimate of drug-likeness (QED) is 0.408. The molecule has 0 saturated heterocycles. The molecule has 0 spiro atoms. The summed E-state index contributed by atoms with van der Waals surface area (Å²) in [6.07, 6.45) is -1.96. The second-order valence-electron chi connectivity index (χ2n) is 5.35. The zero-order valence-corrected chi connectivity index (χ0v) is 16.3. The van der Waals surface area contributed by atoms with Crippen molar-refractivity contribution in [1.82, 2.24) is 10.2 Å². The van der Waals surface area contributed by atoms with Gasteiger partial charge in [0.1, 0.15) is 5.76 Å². The van der Waals surface area contributed by atoms with Gasteiger partial charge in [-0.1, -0.05) is 12.1 Å². The maximum atomic E-state index is 12.6. The predicted molar refractivity (Wildman–Crippen MR) is 102 cm³/mol. The van der Waals surface area contributed by atoms with Crippen LogP contribution in [0.2, 0.25) is 0 Å². The van der Waals surface area contributed by atoms with Gasteiger partial charge >= 0.3 is 6.18 Å². The number of aliphatic imine (C=N–C) groups is 1. The van der Waals surface area contributed by atoms with Crippen LogP contribution in [-0.2, 0) is 19.1 Å². The lowest BCUT2D eigenvalue weighted by molar-refractivity contribution is -0.137. The summed E-state index contributed by atoms with van der Waals surface area (Å²) >= 11 is 0. The van der Waals surface area contributed by atoms with E-state index in [9.17, 15) is 13.2 Å². The van der Waals surface area contributed by atoms with Crippen molar-refractivity contribution in [2.45, 2.75) is 19.1 Å². The van der Waals surface area contributed by atoms with Gasteiger partial charge in [-0.15, -0.1) is 24.0 Å². The van der Waals surface area contributed by atoms with E-state index < -0.39 is 11.7 Å². The fraction of sp³-hybridized carbons (Fsp3) is 0.353. The first kappa shape index (κ1) is 21.3. The Bertz CT molecular complexity index is 655. The molecule has 2 rings (SSSR count). The van der Waals surface area contributed by atoms with E-state index in [-0.39, 0.29) is 24.0 Å². The number of alkyl halides is 3. The van der Waals surface area contributed by atoms with E-state index in [0.29, 0.717) is 19.0 Å². The first-order chi connectivity index (χ1) is 11.4. The third kappa shape index (κ3) is 6.60. The van der Waals surface area contributed by atoms with E-state index in [0.717, 1.165) is 29.9 Å². The van der Waals surface area contributed by atoms with Crippen LogP contribution in [0.5, 0.6) is 0 Å². The lowest BCUT2D eigenvalue weighted by atomic mass is 10.1. The lowest BCUT2D eigenvalue weighted by Crippen LogP contribution is -2.39. The number of nitrogens with one attached hydrogen (secondary N) is 1. The normalized spacial score (nSPS) is 11.8. The highest BCUT2D eigenvalue weighted by atomic mass is 127. The third-order valence-electron chi connectivity index (χ3n) is 3.51. The average molecular weight is 467 g/mol. The molecule has 0 bridgehead atoms. The van der Waals surface area contributed by atoms with Crippen molar-refractivity contribution in [3.63, 3.8) is 0 Å². The molecule has 0 atom stereocenters. The predicted octanol–water partition coefficient (Wildman–Crippen LogP) is 4.17. The molecule has 1 aromatic heterocycles. The number of halogens is 4. The largest absolute Gasteiger partial charge is 0.469 e. The van der Waals surface area contributed by atoms with Gasteiger partial charge in [-0.2, -0.15) is 13.2 Å². The van der Waals surface area contributed by atoms with Gasteiger partial charge in [-0.25, -0.2) is 0 Å². The van der Waals surface area contributed by atoms with Gasteiger partial charge in [-0.05, 0) is 29.8 Å². The van der Waals surface area contributed by atoms with Crippen molar-refractivity contribution in [3.8, 4) is 0 Å². The highest BCUT2D eigenvalue weighted by Gasteiger charge is 2.29. The Hall–Kier alpha value is -1.71. The van der Waals surface area contributed by atoms with Crippen LogP contribution in [0.3, 0.4) is 0 Å². The maximum Gasteiger partial charge on any atom is 0.416 e. The molecule has 1 heterocycles. The summed E-state index contributed by atoms with van der Waals surface area (Å²) in [5.74, 6) is 1.55. The second kappa shape index (κ2) is 9.69. The summed E-state index contributed by atoms with van der Waals surface area (Å²) in [7, 11) is 3.50. The molecule has 0 aliphatic rings. The Kier molecular flexibility index (Phi) is 8.27. The minimum absolute atomic E-state index is 0. The van der Waals surface area contributed by atoms with E-state index >= 15 is 0 Å². The molecule has 0 unspecified atom stereocenters. The molecular weight excluding hydrogens is 446 g/mol. The SMILES string of the molecule is CN=C(NCCc1ccco1)N(C)Cc1ccc(C(F)(F)F)cc1.I. The van der Waals surface area contributed by atoms with Crippen molar-refractivity contribution in [2.75, 3.05) is 20.6 Å². The molecule has 0 amide bonds. The zero-order chi connectivity index (χ0) is 17.6. The number of rotatable bonds is 5. The molecule has 0 aliphatic heterocycles. The van der Waals surface area contributed by atoms with Crippen LogP contribution in [0, 0.1) is 0 Å². The Morgan fingerprint density at radius 2 is 1.88 bits per heavy atom. The monoisotopic (exact) mass is 467 g/mol. The summed E-state index contributed by atoms with van der Waals surface area (Å²) in [5.41, 5.74) is 0.134. The van der Waals surface area contributed by atoms with Gasteiger partial charge in [0.25, 0.3) is 0 Å². The second-order valence-corrected chi connectivity index (χ2v) is 5.35. The maximum absolute atomic E-state index is 12.6. The van der Waals surface area contributed by atoms with E-state index in [1.54, 1.807) is 13.3 Å². The van der Waals surface area contributed by atoms with Gasteiger partial charge in [0, 0.05) is 33.6 Å². The summed E-state index contributed by atoms with van der Waals surface area (Å²) < 4.78 is 43.0. The molecule has 0 fully saturated rings. The van der Waals surface area contributed by atoms with Gasteiger partial charge in [-0.3, -0.25) is 4.99 Å². The van der Waals surface area contributed by atoms with Gasteiger partial charge in [0.2, 0.25) is 0 Å². The van der Waals surface area contributed by atoms with Crippen molar-refractivity contribution in [1.29, 1.82) is 0 Å². The molecule has 4 nitrogen and oxygen atoms in total. The van der Waals surface area contributed by atoms with Crippen molar-refractivity contribution in [3.05, 3.63) is 59.5 Å². The number of hydrogen-bond acceptors (Lipinski definition) is 2. The fourth-order valence-electron chi connectivity index (χ4n) is 2.28. The number of guanidine groups is 1. The summed E-state index contributed by atoms with van der Waals surface area (Å²) in [6, 6.07) is 8.88. The minimum Gasteiger partial charge on any atom is -0.469 e. The first-order valence-corrected chi connectivity index (χ1v) is 7.50. The van der Waals surface area contributed by atoms with E-state index in [1.807, 2.05) is 24.1 Å². The number of benzene rings is 1. The number of nitrogens with zero attached hydrogens (tertiary/aromatic N) is 2. The van der Waals surface area contributed by atoms with Crippen LogP contribution in [0.4, 0.5) is 13.2 Å². The van der Waals surface area contributed by atoms with Crippen molar-refractivity contribution >= 4 is 29.9 Å². The summed E-state index contributed by atoms with van der Waals surface area (Å²) in [5, 5.41) is 3.20. The van der Waals surface area contributed by atoms with Crippen LogP contribution < -0.4 is 5.32 Å². The molecule has 1 N–H and O–H groups in total. The molecule has 138 valence electrons. The first-order valence-electron chi connectivity index (χ1n) is 7.50. The van der Waals surface area contributed by atoms with Gasteiger partial charge in [0.05, 0.1) is 11.8 Å². The summed E-state index contributed by atoms with van der Waals surface area (Å²) in [6.45, 7) is 1.11. The van der Waals surface area contributed by atoms with Crippen molar-refractivity contribution < 1.29 is 17.6 Å². The third-order valence-corrected chi connectivity index (χ3v) is 3.51. The number of furan rings is 1. The van der Waals surface area contributed by atoms with Crippen LogP contribution in [-0.4, -0.2) is 31.5 Å². The number of hydrogen-bond donors (Lipinski definition) is 1. The van der Waals surface area contributed by atoms with Gasteiger partial charge < -0.3 is 14.6 Å². The molecular formula is C17H21F3IN3O. The lowest BCUT2D eigenvalue weighted by Gasteiger charge is -2.22.